The summed E-state index contributed by atoms with van der Waals surface area (Å²) in [5.74, 6) is 0.327. The zero-order valence-electron chi connectivity index (χ0n) is 19.5. The molecule has 0 saturated heterocycles. The predicted molar refractivity (Wildman–Crippen MR) is 114 cm³/mol. The largest absolute Gasteiger partial charge is 0.375 e. The third kappa shape index (κ3) is 7.68. The average Bonchev–Trinajstić information content (AvgIpc) is 2.60. The Morgan fingerprint density at radius 2 is 1.23 bits per heavy atom. The maximum Gasteiger partial charge on any atom is 0.141 e. The molecule has 0 aliphatic carbocycles. The van der Waals surface area contributed by atoms with Crippen molar-refractivity contribution < 1.29 is 9.53 Å². The fraction of sp³-hybridized carbons (Fsp3) is 0.957. The van der Waals surface area contributed by atoms with E-state index in [0.29, 0.717) is 18.8 Å². The molecule has 1 atom stereocenters. The van der Waals surface area contributed by atoms with Crippen LogP contribution in [0.4, 0.5) is 0 Å². The fourth-order valence-corrected chi connectivity index (χ4v) is 3.33. The Kier molecular flexibility index (Phi) is 10.1. The standard InChI is InChI=1S/C23H47NO2/c1-11-21(8,12-2)19(25)18-20(6,7)26-17-16-23(10,15-5)24-22(9,13-3)14-4/h24H,11-18H2,1-10H3. The molecule has 0 aromatic carbocycles. The van der Waals surface area contributed by atoms with Crippen LogP contribution in [0.3, 0.4) is 0 Å². The van der Waals surface area contributed by atoms with Gasteiger partial charge in [0.2, 0.25) is 0 Å². The first-order valence-corrected chi connectivity index (χ1v) is 10.8. The van der Waals surface area contributed by atoms with Crippen molar-refractivity contribution in [2.45, 2.75) is 131 Å². The molecule has 0 rings (SSSR count). The van der Waals surface area contributed by atoms with Gasteiger partial charge in [0, 0.05) is 29.5 Å². The van der Waals surface area contributed by atoms with Gasteiger partial charge < -0.3 is 10.1 Å². The second-order valence-corrected chi connectivity index (χ2v) is 9.53. The van der Waals surface area contributed by atoms with Crippen LogP contribution in [0, 0.1) is 5.41 Å². The van der Waals surface area contributed by atoms with Crippen LogP contribution < -0.4 is 5.32 Å². The zero-order chi connectivity index (χ0) is 20.6. The first-order valence-electron chi connectivity index (χ1n) is 10.8. The second-order valence-electron chi connectivity index (χ2n) is 9.53. The number of hydrogen-bond donors (Lipinski definition) is 1. The number of Topliss-reactive ketones (excluding diaryl/α,β-unsaturated/α-hetero) is 1. The first kappa shape index (κ1) is 25.6. The smallest absolute Gasteiger partial charge is 0.141 e. The number of ether oxygens (including phenoxy) is 1. The predicted octanol–water partition coefficient (Wildman–Crippen LogP) is 6.29. The Balaban J connectivity index is 4.77. The molecule has 1 unspecified atom stereocenters. The molecule has 0 aromatic rings. The molecular weight excluding hydrogens is 322 g/mol. The van der Waals surface area contributed by atoms with E-state index < -0.39 is 5.60 Å². The highest BCUT2D eigenvalue weighted by molar-refractivity contribution is 5.85. The Bertz CT molecular complexity index is 422. The molecule has 0 radical (unpaired) electrons. The summed E-state index contributed by atoms with van der Waals surface area (Å²) in [4.78, 5) is 12.7. The van der Waals surface area contributed by atoms with Gasteiger partial charge in [-0.05, 0) is 66.2 Å². The molecule has 1 N–H and O–H groups in total. The summed E-state index contributed by atoms with van der Waals surface area (Å²) in [5, 5.41) is 3.88. The minimum atomic E-state index is -0.407. The van der Waals surface area contributed by atoms with Crippen molar-refractivity contribution in [3.8, 4) is 0 Å². The molecule has 3 heteroatoms. The van der Waals surface area contributed by atoms with Gasteiger partial charge in [0.25, 0.3) is 0 Å². The van der Waals surface area contributed by atoms with Crippen LogP contribution in [0.25, 0.3) is 0 Å². The van der Waals surface area contributed by atoms with Crippen molar-refractivity contribution in [2.24, 2.45) is 5.41 Å². The minimum Gasteiger partial charge on any atom is -0.375 e. The van der Waals surface area contributed by atoms with E-state index in [1.54, 1.807) is 0 Å². The maximum atomic E-state index is 12.7. The van der Waals surface area contributed by atoms with Gasteiger partial charge in [-0.15, -0.1) is 0 Å². The van der Waals surface area contributed by atoms with Crippen LogP contribution in [-0.4, -0.2) is 29.1 Å². The molecule has 0 spiro atoms. The second kappa shape index (κ2) is 10.2. The summed E-state index contributed by atoms with van der Waals surface area (Å²) in [6, 6.07) is 0. The molecule has 26 heavy (non-hydrogen) atoms. The Labute approximate surface area is 164 Å². The monoisotopic (exact) mass is 369 g/mol. The van der Waals surface area contributed by atoms with Gasteiger partial charge in [-0.2, -0.15) is 0 Å². The highest BCUT2D eigenvalue weighted by Crippen LogP contribution is 2.32. The Hall–Kier alpha value is -0.410. The lowest BCUT2D eigenvalue weighted by molar-refractivity contribution is -0.135. The van der Waals surface area contributed by atoms with E-state index in [9.17, 15) is 4.79 Å². The van der Waals surface area contributed by atoms with Gasteiger partial charge in [0.15, 0.2) is 0 Å². The lowest BCUT2D eigenvalue weighted by Gasteiger charge is -2.41. The van der Waals surface area contributed by atoms with E-state index in [1.165, 1.54) is 0 Å². The quantitative estimate of drug-likeness (QED) is 0.391. The van der Waals surface area contributed by atoms with Crippen LogP contribution in [0.15, 0.2) is 0 Å². The molecule has 0 aliphatic rings. The molecule has 0 aromatic heterocycles. The fourth-order valence-electron chi connectivity index (χ4n) is 3.33. The molecule has 0 bridgehead atoms. The molecule has 0 saturated carbocycles. The summed E-state index contributed by atoms with van der Waals surface area (Å²) in [6.45, 7) is 22.4. The summed E-state index contributed by atoms with van der Waals surface area (Å²) in [5.41, 5.74) is -0.400. The van der Waals surface area contributed by atoms with E-state index in [1.807, 2.05) is 0 Å². The molecule has 0 aliphatic heterocycles. The van der Waals surface area contributed by atoms with Crippen molar-refractivity contribution in [1.82, 2.24) is 5.32 Å². The van der Waals surface area contributed by atoms with Gasteiger partial charge >= 0.3 is 0 Å². The molecule has 0 fully saturated rings. The number of carbonyl (C=O) groups is 1. The molecule has 0 heterocycles. The molecular formula is C23H47NO2. The number of rotatable bonds is 14. The zero-order valence-corrected chi connectivity index (χ0v) is 19.5. The van der Waals surface area contributed by atoms with Gasteiger partial charge in [-0.3, -0.25) is 4.79 Å². The lowest BCUT2D eigenvalue weighted by atomic mass is 9.77. The minimum absolute atomic E-state index is 0.0577. The molecule has 156 valence electrons. The highest BCUT2D eigenvalue weighted by atomic mass is 16.5. The van der Waals surface area contributed by atoms with E-state index in [2.05, 4.69) is 74.6 Å². The molecule has 0 amide bonds. The van der Waals surface area contributed by atoms with Crippen LogP contribution in [0.1, 0.15) is 114 Å². The van der Waals surface area contributed by atoms with Gasteiger partial charge in [-0.25, -0.2) is 0 Å². The number of hydrogen-bond acceptors (Lipinski definition) is 3. The summed E-state index contributed by atoms with van der Waals surface area (Å²) < 4.78 is 6.20. The van der Waals surface area contributed by atoms with Crippen molar-refractivity contribution in [1.29, 1.82) is 0 Å². The van der Waals surface area contributed by atoms with E-state index in [-0.39, 0.29) is 16.5 Å². The van der Waals surface area contributed by atoms with Crippen molar-refractivity contribution >= 4 is 5.78 Å². The Morgan fingerprint density at radius 1 is 0.769 bits per heavy atom. The van der Waals surface area contributed by atoms with Crippen molar-refractivity contribution in [3.63, 3.8) is 0 Å². The van der Waals surface area contributed by atoms with Crippen LogP contribution >= 0.6 is 0 Å². The van der Waals surface area contributed by atoms with E-state index in [4.69, 9.17) is 4.74 Å². The topological polar surface area (TPSA) is 38.3 Å². The van der Waals surface area contributed by atoms with Gasteiger partial charge in [0.05, 0.1) is 5.60 Å². The number of ketones is 1. The highest BCUT2D eigenvalue weighted by Gasteiger charge is 2.35. The molecule has 3 nitrogen and oxygen atoms in total. The average molecular weight is 370 g/mol. The third-order valence-electron chi connectivity index (χ3n) is 6.91. The SMILES string of the molecule is CCC(C)(CC)NC(C)(CC)CCOC(C)(C)CC(=O)C(C)(CC)CC. The first-order chi connectivity index (χ1) is 11.8. The third-order valence-corrected chi connectivity index (χ3v) is 6.91. The van der Waals surface area contributed by atoms with Crippen molar-refractivity contribution in [2.75, 3.05) is 6.61 Å². The number of nitrogens with one attached hydrogen (secondary N) is 1. The van der Waals surface area contributed by atoms with Crippen LogP contribution in [0.5, 0.6) is 0 Å². The van der Waals surface area contributed by atoms with E-state index in [0.717, 1.165) is 38.5 Å². The number of carbonyl (C=O) groups excluding carboxylic acids is 1. The van der Waals surface area contributed by atoms with Gasteiger partial charge in [-0.1, -0.05) is 41.5 Å². The summed E-state index contributed by atoms with van der Waals surface area (Å²) in [6.07, 6.45) is 6.53. The van der Waals surface area contributed by atoms with Crippen LogP contribution in [-0.2, 0) is 9.53 Å². The Morgan fingerprint density at radius 3 is 1.62 bits per heavy atom. The van der Waals surface area contributed by atoms with E-state index >= 15 is 0 Å². The maximum absolute atomic E-state index is 12.7. The summed E-state index contributed by atoms with van der Waals surface area (Å²) in [7, 11) is 0. The lowest BCUT2D eigenvalue weighted by Crippen LogP contribution is -2.55. The van der Waals surface area contributed by atoms with Crippen molar-refractivity contribution in [3.05, 3.63) is 0 Å². The van der Waals surface area contributed by atoms with Crippen LogP contribution in [0.2, 0.25) is 0 Å². The normalized spacial score (nSPS) is 15.8. The summed E-state index contributed by atoms with van der Waals surface area (Å²) >= 11 is 0. The van der Waals surface area contributed by atoms with Gasteiger partial charge in [0.1, 0.15) is 5.78 Å².